The van der Waals surface area contributed by atoms with E-state index in [0.29, 0.717) is 25.7 Å². The summed E-state index contributed by atoms with van der Waals surface area (Å²) >= 11 is 0. The summed E-state index contributed by atoms with van der Waals surface area (Å²) in [5, 5.41) is 21.7. The molecule has 2 aliphatic heterocycles. The molecule has 4 atom stereocenters. The Morgan fingerprint density at radius 1 is 1.00 bits per heavy atom. The Kier molecular flexibility index (Phi) is 3.58. The number of aliphatic hydroxyl groups is 1. The second-order valence-corrected chi connectivity index (χ2v) is 6.41. The molecule has 3 rings (SSSR count). The van der Waals surface area contributed by atoms with E-state index < -0.39 is 5.97 Å². The number of carboxylic acid groups (broad SMARTS) is 1. The van der Waals surface area contributed by atoms with Gasteiger partial charge in [0.2, 0.25) is 0 Å². The highest BCUT2D eigenvalue weighted by atomic mass is 16.4. The first kappa shape index (κ1) is 13.7. The standard InChI is InChI=1S/C14H22N2O4/c17-12-6-10-3-4-11(7-12)16(10)14(20)15-9-2-1-8(5-9)13(18)19/h8-12,17H,1-7H2,(H,15,20)(H,18,19)/t8-,9+,10?,11?,12?/m1/s1. The lowest BCUT2D eigenvalue weighted by atomic mass is 10.0. The van der Waals surface area contributed by atoms with Crippen molar-refractivity contribution in [3.05, 3.63) is 0 Å². The van der Waals surface area contributed by atoms with Gasteiger partial charge in [-0.25, -0.2) is 4.79 Å². The summed E-state index contributed by atoms with van der Waals surface area (Å²) < 4.78 is 0. The minimum atomic E-state index is -0.761. The number of aliphatic carboxylic acids is 1. The van der Waals surface area contributed by atoms with Crippen molar-refractivity contribution in [3.8, 4) is 0 Å². The fraction of sp³-hybridized carbons (Fsp3) is 0.857. The number of fused-ring (bicyclic) bond motifs is 2. The van der Waals surface area contributed by atoms with Crippen molar-refractivity contribution in [2.75, 3.05) is 0 Å². The molecule has 0 aromatic heterocycles. The molecule has 2 heterocycles. The van der Waals surface area contributed by atoms with Gasteiger partial charge in [-0.3, -0.25) is 4.79 Å². The van der Waals surface area contributed by atoms with Crippen LogP contribution in [0.15, 0.2) is 0 Å². The zero-order valence-electron chi connectivity index (χ0n) is 11.5. The monoisotopic (exact) mass is 282 g/mol. The van der Waals surface area contributed by atoms with E-state index in [1.54, 1.807) is 0 Å². The molecule has 0 spiro atoms. The molecule has 2 bridgehead atoms. The number of carboxylic acids is 1. The first-order valence-corrected chi connectivity index (χ1v) is 7.54. The van der Waals surface area contributed by atoms with Gasteiger partial charge in [0.25, 0.3) is 0 Å². The van der Waals surface area contributed by atoms with Gasteiger partial charge in [-0.1, -0.05) is 0 Å². The SMILES string of the molecule is O=C(O)[C@@H]1CC[C@H](NC(=O)N2C3CCC2CC(O)C3)C1. The van der Waals surface area contributed by atoms with Crippen LogP contribution in [-0.4, -0.2) is 51.3 Å². The Balaban J connectivity index is 1.57. The molecule has 6 heteroatoms. The molecule has 1 aliphatic carbocycles. The second kappa shape index (κ2) is 5.24. The van der Waals surface area contributed by atoms with Crippen molar-refractivity contribution >= 4 is 12.0 Å². The number of aliphatic hydroxyl groups excluding tert-OH is 1. The number of carbonyl (C=O) groups excluding carboxylic acids is 1. The van der Waals surface area contributed by atoms with E-state index in [0.717, 1.165) is 19.3 Å². The Hall–Kier alpha value is -1.30. The molecule has 2 unspecified atom stereocenters. The molecular formula is C14H22N2O4. The maximum Gasteiger partial charge on any atom is 0.318 e. The van der Waals surface area contributed by atoms with Crippen LogP contribution >= 0.6 is 0 Å². The van der Waals surface area contributed by atoms with Crippen LogP contribution in [0.2, 0.25) is 0 Å². The van der Waals surface area contributed by atoms with Gasteiger partial charge in [0.15, 0.2) is 0 Å². The van der Waals surface area contributed by atoms with E-state index in [4.69, 9.17) is 5.11 Å². The number of amides is 2. The number of hydrogen-bond acceptors (Lipinski definition) is 3. The molecule has 0 aromatic rings. The quantitative estimate of drug-likeness (QED) is 0.703. The summed E-state index contributed by atoms with van der Waals surface area (Å²) in [6.45, 7) is 0. The predicted molar refractivity (Wildman–Crippen MR) is 71.2 cm³/mol. The van der Waals surface area contributed by atoms with E-state index in [2.05, 4.69) is 5.32 Å². The molecule has 3 N–H and O–H groups in total. The summed E-state index contributed by atoms with van der Waals surface area (Å²) in [6.07, 6.45) is 4.93. The van der Waals surface area contributed by atoms with Crippen LogP contribution in [0.4, 0.5) is 4.79 Å². The average molecular weight is 282 g/mol. The topological polar surface area (TPSA) is 89.9 Å². The summed E-state index contributed by atoms with van der Waals surface area (Å²) in [6, 6.07) is 0.219. The lowest BCUT2D eigenvalue weighted by Crippen LogP contribution is -2.53. The van der Waals surface area contributed by atoms with Gasteiger partial charge in [0.05, 0.1) is 12.0 Å². The highest BCUT2D eigenvalue weighted by Gasteiger charge is 2.43. The summed E-state index contributed by atoms with van der Waals surface area (Å²) in [5.74, 6) is -1.08. The van der Waals surface area contributed by atoms with Gasteiger partial charge in [-0.05, 0) is 44.9 Å². The first-order chi connectivity index (χ1) is 9.54. The van der Waals surface area contributed by atoms with Gasteiger partial charge in [-0.15, -0.1) is 0 Å². The third-order valence-corrected chi connectivity index (χ3v) is 5.05. The van der Waals surface area contributed by atoms with Crippen LogP contribution in [0.5, 0.6) is 0 Å². The largest absolute Gasteiger partial charge is 0.481 e. The van der Waals surface area contributed by atoms with Gasteiger partial charge in [0.1, 0.15) is 0 Å². The van der Waals surface area contributed by atoms with Gasteiger partial charge in [-0.2, -0.15) is 0 Å². The van der Waals surface area contributed by atoms with Crippen molar-refractivity contribution in [2.45, 2.75) is 69.2 Å². The van der Waals surface area contributed by atoms with Crippen LogP contribution in [0.1, 0.15) is 44.9 Å². The Labute approximate surface area is 118 Å². The van der Waals surface area contributed by atoms with Crippen LogP contribution in [-0.2, 0) is 4.79 Å². The van der Waals surface area contributed by atoms with Crippen LogP contribution < -0.4 is 5.32 Å². The number of hydrogen-bond donors (Lipinski definition) is 3. The average Bonchev–Trinajstić information content (AvgIpc) is 2.93. The molecule has 2 amide bonds. The van der Waals surface area contributed by atoms with Crippen molar-refractivity contribution in [1.29, 1.82) is 0 Å². The third-order valence-electron chi connectivity index (χ3n) is 5.05. The number of nitrogens with one attached hydrogen (secondary N) is 1. The number of nitrogens with zero attached hydrogens (tertiary/aromatic N) is 1. The van der Waals surface area contributed by atoms with E-state index in [9.17, 15) is 14.7 Å². The molecular weight excluding hydrogens is 260 g/mol. The zero-order chi connectivity index (χ0) is 14.3. The van der Waals surface area contributed by atoms with Gasteiger partial charge in [0, 0.05) is 18.1 Å². The van der Waals surface area contributed by atoms with Gasteiger partial charge < -0.3 is 20.4 Å². The van der Waals surface area contributed by atoms with Crippen molar-refractivity contribution in [3.63, 3.8) is 0 Å². The van der Waals surface area contributed by atoms with Crippen molar-refractivity contribution in [1.82, 2.24) is 10.2 Å². The predicted octanol–water partition coefficient (Wildman–Crippen LogP) is 0.937. The molecule has 2 saturated heterocycles. The minimum absolute atomic E-state index is 0.0187. The van der Waals surface area contributed by atoms with E-state index in [1.807, 2.05) is 4.90 Å². The molecule has 112 valence electrons. The maximum atomic E-state index is 12.4. The maximum absolute atomic E-state index is 12.4. The fourth-order valence-electron chi connectivity index (χ4n) is 4.07. The summed E-state index contributed by atoms with van der Waals surface area (Å²) in [4.78, 5) is 25.2. The van der Waals surface area contributed by atoms with E-state index in [1.165, 1.54) is 0 Å². The van der Waals surface area contributed by atoms with Crippen molar-refractivity contribution < 1.29 is 19.8 Å². The van der Waals surface area contributed by atoms with Crippen molar-refractivity contribution in [2.24, 2.45) is 5.92 Å². The molecule has 20 heavy (non-hydrogen) atoms. The Bertz CT molecular complexity index is 400. The molecule has 0 radical (unpaired) electrons. The fourth-order valence-corrected chi connectivity index (χ4v) is 4.07. The smallest absolute Gasteiger partial charge is 0.318 e. The van der Waals surface area contributed by atoms with E-state index >= 15 is 0 Å². The highest BCUT2D eigenvalue weighted by Crippen LogP contribution is 2.36. The number of piperidine rings is 1. The first-order valence-electron chi connectivity index (χ1n) is 7.54. The molecule has 1 saturated carbocycles. The van der Waals surface area contributed by atoms with Crippen LogP contribution in [0.3, 0.4) is 0 Å². The number of urea groups is 1. The lowest BCUT2D eigenvalue weighted by Gasteiger charge is -2.37. The molecule has 6 nitrogen and oxygen atoms in total. The number of rotatable bonds is 2. The molecule has 3 aliphatic rings. The zero-order valence-corrected chi connectivity index (χ0v) is 11.5. The minimum Gasteiger partial charge on any atom is -0.481 e. The number of carbonyl (C=O) groups is 2. The van der Waals surface area contributed by atoms with Crippen LogP contribution in [0.25, 0.3) is 0 Å². The Morgan fingerprint density at radius 2 is 1.65 bits per heavy atom. The highest BCUT2D eigenvalue weighted by molar-refractivity contribution is 5.76. The van der Waals surface area contributed by atoms with Crippen LogP contribution in [0, 0.1) is 5.92 Å². The molecule has 3 fully saturated rings. The Morgan fingerprint density at radius 3 is 2.20 bits per heavy atom. The normalized spacial score (nSPS) is 39.9. The third kappa shape index (κ3) is 2.49. The molecule has 0 aromatic carbocycles. The summed E-state index contributed by atoms with van der Waals surface area (Å²) in [5.41, 5.74) is 0. The summed E-state index contributed by atoms with van der Waals surface area (Å²) in [7, 11) is 0. The van der Waals surface area contributed by atoms with E-state index in [-0.39, 0.29) is 36.2 Å². The van der Waals surface area contributed by atoms with Gasteiger partial charge >= 0.3 is 12.0 Å². The lowest BCUT2D eigenvalue weighted by molar-refractivity contribution is -0.141. The second-order valence-electron chi connectivity index (χ2n) is 6.41.